The highest BCUT2D eigenvalue weighted by molar-refractivity contribution is 7.92. The van der Waals surface area contributed by atoms with Gasteiger partial charge in [0.25, 0.3) is 10.0 Å². The summed E-state index contributed by atoms with van der Waals surface area (Å²) in [6, 6.07) is 14.3. The SMILES string of the molecule is Cc1cc(C)c(S(=O)(=O)Nc2cnc(N(C)Cc3ccccc3)c(C(=O)O)c2)cc1C. The van der Waals surface area contributed by atoms with Gasteiger partial charge in [-0.3, -0.25) is 4.72 Å². The van der Waals surface area contributed by atoms with Crippen molar-refractivity contribution in [2.75, 3.05) is 16.7 Å². The minimum absolute atomic E-state index is 0.0876. The van der Waals surface area contributed by atoms with E-state index in [0.717, 1.165) is 16.7 Å². The highest BCUT2D eigenvalue weighted by Crippen LogP contribution is 2.26. The molecule has 7 nitrogen and oxygen atoms in total. The summed E-state index contributed by atoms with van der Waals surface area (Å²) in [5.41, 5.74) is 3.46. The molecule has 0 spiro atoms. The quantitative estimate of drug-likeness (QED) is 0.574. The second-order valence-electron chi connectivity index (χ2n) is 7.55. The number of nitrogens with one attached hydrogen (secondary N) is 1. The van der Waals surface area contributed by atoms with Crippen LogP contribution in [0.1, 0.15) is 32.6 Å². The maximum Gasteiger partial charge on any atom is 0.339 e. The lowest BCUT2D eigenvalue weighted by atomic mass is 10.1. The molecule has 2 aromatic carbocycles. The van der Waals surface area contributed by atoms with E-state index in [0.29, 0.717) is 12.1 Å². The Bertz CT molecular complexity index is 1230. The molecule has 1 heterocycles. The monoisotopic (exact) mass is 439 g/mol. The average Bonchev–Trinajstić information content (AvgIpc) is 2.70. The molecule has 1 aromatic heterocycles. The third kappa shape index (κ3) is 5.03. The molecule has 0 bridgehead atoms. The van der Waals surface area contributed by atoms with E-state index in [1.165, 1.54) is 12.3 Å². The number of carboxylic acid groups (broad SMARTS) is 1. The fourth-order valence-corrected chi connectivity index (χ4v) is 4.69. The molecule has 8 heteroatoms. The number of hydrogen-bond donors (Lipinski definition) is 2. The second kappa shape index (κ2) is 8.77. The summed E-state index contributed by atoms with van der Waals surface area (Å²) in [6.07, 6.45) is 1.33. The molecule has 0 aliphatic heterocycles. The van der Waals surface area contributed by atoms with Gasteiger partial charge >= 0.3 is 5.97 Å². The van der Waals surface area contributed by atoms with Crippen molar-refractivity contribution in [3.8, 4) is 0 Å². The minimum atomic E-state index is -3.90. The molecule has 0 amide bonds. The van der Waals surface area contributed by atoms with Crippen LogP contribution in [0.2, 0.25) is 0 Å². The van der Waals surface area contributed by atoms with Gasteiger partial charge in [0.15, 0.2) is 0 Å². The number of sulfonamides is 1. The Balaban J connectivity index is 1.92. The molecule has 31 heavy (non-hydrogen) atoms. The van der Waals surface area contributed by atoms with Gasteiger partial charge in [-0.1, -0.05) is 36.4 Å². The van der Waals surface area contributed by atoms with Crippen LogP contribution in [0, 0.1) is 20.8 Å². The first kappa shape index (κ1) is 22.3. The highest BCUT2D eigenvalue weighted by atomic mass is 32.2. The molecule has 3 rings (SSSR count). The second-order valence-corrected chi connectivity index (χ2v) is 9.20. The average molecular weight is 440 g/mol. The Morgan fingerprint density at radius 3 is 2.32 bits per heavy atom. The molecule has 0 unspecified atom stereocenters. The van der Waals surface area contributed by atoms with E-state index in [1.807, 2.05) is 50.2 Å². The van der Waals surface area contributed by atoms with E-state index >= 15 is 0 Å². The van der Waals surface area contributed by atoms with Crippen LogP contribution in [-0.2, 0) is 16.6 Å². The Kier molecular flexibility index (Phi) is 6.31. The minimum Gasteiger partial charge on any atom is -0.478 e. The van der Waals surface area contributed by atoms with Crippen LogP contribution in [0.3, 0.4) is 0 Å². The third-order valence-corrected chi connectivity index (χ3v) is 6.58. The third-order valence-electron chi connectivity index (χ3n) is 5.05. The molecule has 162 valence electrons. The van der Waals surface area contributed by atoms with Gasteiger partial charge in [0, 0.05) is 13.6 Å². The number of pyridine rings is 1. The topological polar surface area (TPSA) is 99.6 Å². The molecule has 0 saturated heterocycles. The Morgan fingerprint density at radius 1 is 1.03 bits per heavy atom. The van der Waals surface area contributed by atoms with Crippen molar-refractivity contribution in [2.24, 2.45) is 0 Å². The largest absolute Gasteiger partial charge is 0.478 e. The van der Waals surface area contributed by atoms with Crippen molar-refractivity contribution in [1.82, 2.24) is 4.98 Å². The van der Waals surface area contributed by atoms with Crippen LogP contribution < -0.4 is 9.62 Å². The van der Waals surface area contributed by atoms with Gasteiger partial charge < -0.3 is 10.0 Å². The standard InChI is InChI=1S/C23H25N3O4S/c1-15-10-17(3)21(11-16(15)2)31(29,30)25-19-12-20(23(27)28)22(24-13-19)26(4)14-18-8-6-5-7-9-18/h5-13,25H,14H2,1-4H3,(H,27,28). The molecule has 3 aromatic rings. The summed E-state index contributed by atoms with van der Waals surface area (Å²) >= 11 is 0. The van der Waals surface area contributed by atoms with Crippen LogP contribution in [-0.4, -0.2) is 31.5 Å². The van der Waals surface area contributed by atoms with Gasteiger partial charge in [-0.05, 0) is 55.2 Å². The number of benzene rings is 2. The lowest BCUT2D eigenvalue weighted by Gasteiger charge is -2.21. The zero-order chi connectivity index (χ0) is 22.8. The highest BCUT2D eigenvalue weighted by Gasteiger charge is 2.21. The van der Waals surface area contributed by atoms with E-state index in [-0.39, 0.29) is 22.0 Å². The van der Waals surface area contributed by atoms with Crippen LogP contribution in [0.4, 0.5) is 11.5 Å². The number of anilines is 2. The molecule has 0 aliphatic rings. The van der Waals surface area contributed by atoms with Crippen LogP contribution in [0.25, 0.3) is 0 Å². The first-order valence-corrected chi connectivity index (χ1v) is 11.2. The number of carbonyl (C=O) groups is 1. The number of aromatic carboxylic acids is 1. The van der Waals surface area contributed by atoms with Gasteiger partial charge in [0.2, 0.25) is 0 Å². The predicted octanol–water partition coefficient (Wildman–Crippen LogP) is 4.14. The lowest BCUT2D eigenvalue weighted by molar-refractivity contribution is 0.0697. The van der Waals surface area contributed by atoms with Gasteiger partial charge in [0.1, 0.15) is 11.4 Å². The molecule has 0 fully saturated rings. The molecular weight excluding hydrogens is 414 g/mol. The van der Waals surface area contributed by atoms with E-state index < -0.39 is 16.0 Å². The zero-order valence-electron chi connectivity index (χ0n) is 17.9. The van der Waals surface area contributed by atoms with Gasteiger partial charge in [-0.15, -0.1) is 0 Å². The van der Waals surface area contributed by atoms with Crippen molar-refractivity contribution in [2.45, 2.75) is 32.2 Å². The predicted molar refractivity (Wildman–Crippen MR) is 121 cm³/mol. The van der Waals surface area contributed by atoms with Gasteiger partial charge in [0.05, 0.1) is 16.8 Å². The van der Waals surface area contributed by atoms with Crippen LogP contribution >= 0.6 is 0 Å². The normalized spacial score (nSPS) is 11.2. The maximum absolute atomic E-state index is 12.9. The molecule has 0 saturated carbocycles. The lowest BCUT2D eigenvalue weighted by Crippen LogP contribution is -2.21. The van der Waals surface area contributed by atoms with E-state index in [4.69, 9.17) is 0 Å². The summed E-state index contributed by atoms with van der Waals surface area (Å²) in [5.74, 6) is -0.938. The van der Waals surface area contributed by atoms with Gasteiger partial charge in [-0.2, -0.15) is 0 Å². The Labute approximate surface area is 182 Å². The van der Waals surface area contributed by atoms with Crippen LogP contribution in [0.5, 0.6) is 0 Å². The van der Waals surface area contributed by atoms with E-state index in [1.54, 1.807) is 24.9 Å². The molecule has 2 N–H and O–H groups in total. The molecule has 0 radical (unpaired) electrons. The number of carboxylic acids is 1. The molecule has 0 aliphatic carbocycles. The van der Waals surface area contributed by atoms with Crippen molar-refractivity contribution < 1.29 is 18.3 Å². The Morgan fingerprint density at radius 2 is 1.68 bits per heavy atom. The summed E-state index contributed by atoms with van der Waals surface area (Å²) < 4.78 is 28.3. The number of hydrogen-bond acceptors (Lipinski definition) is 5. The number of rotatable bonds is 7. The fraction of sp³-hybridized carbons (Fsp3) is 0.217. The van der Waals surface area contributed by atoms with Crippen molar-refractivity contribution in [3.63, 3.8) is 0 Å². The fourth-order valence-electron chi connectivity index (χ4n) is 3.34. The molecule has 0 atom stereocenters. The summed E-state index contributed by atoms with van der Waals surface area (Å²) in [6.45, 7) is 5.94. The first-order chi connectivity index (χ1) is 14.6. The van der Waals surface area contributed by atoms with Crippen molar-refractivity contribution >= 4 is 27.5 Å². The van der Waals surface area contributed by atoms with E-state index in [2.05, 4.69) is 9.71 Å². The Hall–Kier alpha value is -3.39. The van der Waals surface area contributed by atoms with Crippen molar-refractivity contribution in [3.05, 3.63) is 82.5 Å². The smallest absolute Gasteiger partial charge is 0.339 e. The number of nitrogens with zero attached hydrogens (tertiary/aromatic N) is 2. The summed E-state index contributed by atoms with van der Waals surface area (Å²) in [4.78, 5) is 18.0. The summed E-state index contributed by atoms with van der Waals surface area (Å²) in [5, 5.41) is 9.69. The maximum atomic E-state index is 12.9. The number of aryl methyl sites for hydroxylation is 3. The van der Waals surface area contributed by atoms with Gasteiger partial charge in [-0.25, -0.2) is 18.2 Å². The zero-order valence-corrected chi connectivity index (χ0v) is 18.7. The first-order valence-electron chi connectivity index (χ1n) is 9.67. The number of aromatic nitrogens is 1. The van der Waals surface area contributed by atoms with E-state index in [9.17, 15) is 18.3 Å². The van der Waals surface area contributed by atoms with Crippen LogP contribution in [0.15, 0.2) is 59.6 Å². The molecular formula is C23H25N3O4S. The van der Waals surface area contributed by atoms with Crippen molar-refractivity contribution in [1.29, 1.82) is 0 Å². The summed E-state index contributed by atoms with van der Waals surface area (Å²) in [7, 11) is -2.16.